The molecule has 2 unspecified atom stereocenters. The third-order valence-electron chi connectivity index (χ3n) is 3.33. The molecule has 0 heterocycles. The smallest absolute Gasteiger partial charge is 0.320 e. The van der Waals surface area contributed by atoms with Gasteiger partial charge in [0.05, 0.1) is 0 Å². The molecule has 3 nitrogen and oxygen atoms in total. The molecule has 0 amide bonds. The number of carboxylic acids is 1. The zero-order valence-corrected chi connectivity index (χ0v) is 11.2. The average Bonchev–Trinajstić information content (AvgIpc) is 2.38. The minimum absolute atomic E-state index is 0.166. The number of aliphatic carboxylic acids is 1. The molecule has 0 aromatic heterocycles. The lowest BCUT2D eigenvalue weighted by atomic mass is 9.99. The molecule has 1 rings (SSSR count). The minimum atomic E-state index is -0.746. The van der Waals surface area contributed by atoms with E-state index < -0.39 is 12.0 Å². The van der Waals surface area contributed by atoms with Crippen molar-refractivity contribution >= 4 is 5.97 Å². The highest BCUT2D eigenvalue weighted by atomic mass is 16.4. The summed E-state index contributed by atoms with van der Waals surface area (Å²) in [4.78, 5) is 11.1. The van der Waals surface area contributed by atoms with Crippen molar-refractivity contribution in [3.05, 3.63) is 35.9 Å². The van der Waals surface area contributed by atoms with Gasteiger partial charge >= 0.3 is 5.97 Å². The SMILES string of the molecule is CCC(C)C(NCCCc1ccccc1)C(=O)O. The number of nitrogens with one attached hydrogen (secondary N) is 1. The van der Waals surface area contributed by atoms with E-state index in [1.165, 1.54) is 5.56 Å². The summed E-state index contributed by atoms with van der Waals surface area (Å²) >= 11 is 0. The molecule has 0 bridgehead atoms. The Bertz CT molecular complexity index is 351. The Kier molecular flexibility index (Phi) is 6.44. The summed E-state index contributed by atoms with van der Waals surface area (Å²) in [6.07, 6.45) is 2.83. The second-order valence-corrected chi connectivity index (χ2v) is 4.74. The van der Waals surface area contributed by atoms with Crippen molar-refractivity contribution in [2.45, 2.75) is 39.2 Å². The lowest BCUT2D eigenvalue weighted by Crippen LogP contribution is -2.42. The van der Waals surface area contributed by atoms with E-state index in [2.05, 4.69) is 17.4 Å². The fraction of sp³-hybridized carbons (Fsp3) is 0.533. The zero-order valence-electron chi connectivity index (χ0n) is 11.2. The van der Waals surface area contributed by atoms with Gasteiger partial charge in [0, 0.05) is 0 Å². The van der Waals surface area contributed by atoms with Crippen LogP contribution in [-0.4, -0.2) is 23.7 Å². The van der Waals surface area contributed by atoms with Gasteiger partial charge in [-0.1, -0.05) is 50.6 Å². The Morgan fingerprint density at radius 2 is 2.00 bits per heavy atom. The first-order valence-electron chi connectivity index (χ1n) is 6.65. The number of hydrogen-bond acceptors (Lipinski definition) is 2. The molecule has 0 spiro atoms. The number of benzene rings is 1. The summed E-state index contributed by atoms with van der Waals surface area (Å²) in [6.45, 7) is 4.74. The van der Waals surface area contributed by atoms with Gasteiger partial charge in [-0.15, -0.1) is 0 Å². The average molecular weight is 249 g/mol. The van der Waals surface area contributed by atoms with Crippen LogP contribution in [0.1, 0.15) is 32.3 Å². The normalized spacial score (nSPS) is 14.1. The molecule has 0 aliphatic carbocycles. The van der Waals surface area contributed by atoms with Crippen molar-refractivity contribution in [1.82, 2.24) is 5.32 Å². The van der Waals surface area contributed by atoms with Crippen molar-refractivity contribution in [2.75, 3.05) is 6.54 Å². The molecule has 0 saturated heterocycles. The maximum Gasteiger partial charge on any atom is 0.320 e. The van der Waals surface area contributed by atoms with E-state index in [1.807, 2.05) is 32.0 Å². The number of carbonyl (C=O) groups is 1. The predicted molar refractivity (Wildman–Crippen MR) is 73.6 cm³/mol. The number of hydrogen-bond donors (Lipinski definition) is 2. The number of aryl methyl sites for hydroxylation is 1. The van der Waals surface area contributed by atoms with Crippen molar-refractivity contribution in [1.29, 1.82) is 0 Å². The molecule has 0 radical (unpaired) electrons. The Hall–Kier alpha value is -1.35. The highest BCUT2D eigenvalue weighted by Crippen LogP contribution is 2.08. The summed E-state index contributed by atoms with van der Waals surface area (Å²) < 4.78 is 0. The monoisotopic (exact) mass is 249 g/mol. The molecule has 0 saturated carbocycles. The fourth-order valence-corrected chi connectivity index (χ4v) is 1.96. The van der Waals surface area contributed by atoms with Crippen LogP contribution in [0, 0.1) is 5.92 Å². The molecule has 1 aromatic carbocycles. The predicted octanol–water partition coefficient (Wildman–Crippen LogP) is 2.71. The van der Waals surface area contributed by atoms with E-state index in [1.54, 1.807) is 0 Å². The van der Waals surface area contributed by atoms with Gasteiger partial charge in [-0.25, -0.2) is 0 Å². The van der Waals surface area contributed by atoms with Crippen LogP contribution in [0.2, 0.25) is 0 Å². The highest BCUT2D eigenvalue weighted by molar-refractivity contribution is 5.73. The first-order chi connectivity index (χ1) is 8.65. The van der Waals surface area contributed by atoms with Gasteiger partial charge in [0.2, 0.25) is 0 Å². The number of rotatable bonds is 8. The van der Waals surface area contributed by atoms with E-state index in [0.717, 1.165) is 25.8 Å². The van der Waals surface area contributed by atoms with Gasteiger partial charge in [-0.2, -0.15) is 0 Å². The molecule has 2 atom stereocenters. The summed E-state index contributed by atoms with van der Waals surface area (Å²) in [5.74, 6) is -0.580. The Morgan fingerprint density at radius 1 is 1.33 bits per heavy atom. The molecule has 0 aliphatic heterocycles. The van der Waals surface area contributed by atoms with E-state index in [0.29, 0.717) is 0 Å². The number of carboxylic acid groups (broad SMARTS) is 1. The summed E-state index contributed by atoms with van der Waals surface area (Å²) in [6, 6.07) is 9.84. The first-order valence-corrected chi connectivity index (χ1v) is 6.65. The quantitative estimate of drug-likeness (QED) is 0.696. The molecular weight excluding hydrogens is 226 g/mol. The van der Waals surface area contributed by atoms with Crippen molar-refractivity contribution in [3.8, 4) is 0 Å². The maximum atomic E-state index is 11.1. The van der Waals surface area contributed by atoms with Crippen LogP contribution in [0.5, 0.6) is 0 Å². The second kappa shape index (κ2) is 7.88. The van der Waals surface area contributed by atoms with Crippen molar-refractivity contribution in [3.63, 3.8) is 0 Å². The van der Waals surface area contributed by atoms with Gasteiger partial charge < -0.3 is 10.4 Å². The van der Waals surface area contributed by atoms with Crippen LogP contribution in [-0.2, 0) is 11.2 Å². The molecule has 1 aromatic rings. The third kappa shape index (κ3) is 4.88. The molecule has 18 heavy (non-hydrogen) atoms. The van der Waals surface area contributed by atoms with E-state index in [9.17, 15) is 4.79 Å². The molecule has 2 N–H and O–H groups in total. The van der Waals surface area contributed by atoms with Gasteiger partial charge in [0.25, 0.3) is 0 Å². The molecular formula is C15H23NO2. The van der Waals surface area contributed by atoms with Crippen LogP contribution in [0.4, 0.5) is 0 Å². The molecule has 3 heteroatoms. The first kappa shape index (κ1) is 14.7. The van der Waals surface area contributed by atoms with E-state index >= 15 is 0 Å². The Balaban J connectivity index is 2.29. The van der Waals surface area contributed by atoms with Crippen molar-refractivity contribution in [2.24, 2.45) is 5.92 Å². The highest BCUT2D eigenvalue weighted by Gasteiger charge is 2.22. The summed E-state index contributed by atoms with van der Waals surface area (Å²) in [5.41, 5.74) is 1.30. The Labute approximate surface area is 109 Å². The van der Waals surface area contributed by atoms with Gasteiger partial charge in [-0.05, 0) is 30.9 Å². The second-order valence-electron chi connectivity index (χ2n) is 4.74. The lowest BCUT2D eigenvalue weighted by Gasteiger charge is -2.20. The van der Waals surface area contributed by atoms with Crippen molar-refractivity contribution < 1.29 is 9.90 Å². The van der Waals surface area contributed by atoms with E-state index in [-0.39, 0.29) is 5.92 Å². The van der Waals surface area contributed by atoms with Gasteiger partial charge in [0.15, 0.2) is 0 Å². The largest absolute Gasteiger partial charge is 0.480 e. The Morgan fingerprint density at radius 3 is 2.56 bits per heavy atom. The van der Waals surface area contributed by atoms with Gasteiger partial charge in [-0.3, -0.25) is 4.79 Å². The molecule has 0 fully saturated rings. The van der Waals surface area contributed by atoms with Crippen LogP contribution < -0.4 is 5.32 Å². The zero-order chi connectivity index (χ0) is 13.4. The fourth-order valence-electron chi connectivity index (χ4n) is 1.96. The minimum Gasteiger partial charge on any atom is -0.480 e. The maximum absolute atomic E-state index is 11.1. The van der Waals surface area contributed by atoms with Crippen LogP contribution in [0.3, 0.4) is 0 Å². The molecule has 0 aliphatic rings. The lowest BCUT2D eigenvalue weighted by molar-refractivity contribution is -0.140. The summed E-state index contributed by atoms with van der Waals surface area (Å²) in [7, 11) is 0. The van der Waals surface area contributed by atoms with Crippen LogP contribution in [0.15, 0.2) is 30.3 Å². The topological polar surface area (TPSA) is 49.3 Å². The van der Waals surface area contributed by atoms with Crippen LogP contribution in [0.25, 0.3) is 0 Å². The third-order valence-corrected chi connectivity index (χ3v) is 3.33. The van der Waals surface area contributed by atoms with E-state index in [4.69, 9.17) is 5.11 Å². The molecule has 100 valence electrons. The van der Waals surface area contributed by atoms with Gasteiger partial charge in [0.1, 0.15) is 6.04 Å². The van der Waals surface area contributed by atoms with Crippen LogP contribution >= 0.6 is 0 Å². The summed E-state index contributed by atoms with van der Waals surface area (Å²) in [5, 5.41) is 12.3. The standard InChI is InChI=1S/C15H23NO2/c1-3-12(2)14(15(17)18)16-11-7-10-13-8-5-4-6-9-13/h4-6,8-9,12,14,16H,3,7,10-11H2,1-2H3,(H,17,18).